The third-order valence-corrected chi connectivity index (χ3v) is 2.18. The van der Waals surface area contributed by atoms with Crippen molar-refractivity contribution in [3.8, 4) is 0 Å². The van der Waals surface area contributed by atoms with E-state index < -0.39 is 0 Å². The van der Waals surface area contributed by atoms with Gasteiger partial charge in [-0.25, -0.2) is 0 Å². The van der Waals surface area contributed by atoms with Crippen molar-refractivity contribution in [3.05, 3.63) is 0 Å². The van der Waals surface area contributed by atoms with Crippen LogP contribution in [0.25, 0.3) is 0 Å². The molecule has 58 valence electrons. The minimum Gasteiger partial charge on any atom is -0.379 e. The molecule has 0 aliphatic carbocycles. The number of ether oxygens (including phenoxy) is 2. The van der Waals surface area contributed by atoms with Crippen LogP contribution in [0.4, 0.5) is 0 Å². The lowest BCUT2D eigenvalue weighted by Gasteiger charge is -2.39. The van der Waals surface area contributed by atoms with Crippen molar-refractivity contribution in [2.75, 3.05) is 39.5 Å². The van der Waals surface area contributed by atoms with Crippen LogP contribution in [-0.4, -0.2) is 50.5 Å². The summed E-state index contributed by atoms with van der Waals surface area (Å²) in [5, 5.41) is 0. The zero-order valence-electron chi connectivity index (χ0n) is 6.08. The Morgan fingerprint density at radius 2 is 1.70 bits per heavy atom. The Morgan fingerprint density at radius 3 is 2.20 bits per heavy atom. The van der Waals surface area contributed by atoms with Crippen molar-refractivity contribution >= 4 is 0 Å². The van der Waals surface area contributed by atoms with Gasteiger partial charge in [0.1, 0.15) is 0 Å². The number of hydrogen-bond acceptors (Lipinski definition) is 3. The Hall–Kier alpha value is -0.120. The molecule has 3 heteroatoms. The molecular formula is C7H13NO2. The highest BCUT2D eigenvalue weighted by Crippen LogP contribution is 2.11. The SMILES string of the molecule is C1CN(C2COC2)CCO1. The minimum absolute atomic E-state index is 0.698. The molecule has 2 heterocycles. The molecule has 0 amide bonds. The number of rotatable bonds is 1. The molecule has 2 rings (SSSR count). The van der Waals surface area contributed by atoms with Gasteiger partial charge in [-0.05, 0) is 0 Å². The summed E-state index contributed by atoms with van der Waals surface area (Å²) >= 11 is 0. The Morgan fingerprint density at radius 1 is 1.00 bits per heavy atom. The first-order valence-electron chi connectivity index (χ1n) is 3.86. The molecule has 0 unspecified atom stereocenters. The molecule has 10 heavy (non-hydrogen) atoms. The van der Waals surface area contributed by atoms with Gasteiger partial charge in [-0.15, -0.1) is 0 Å². The molecule has 2 aliphatic heterocycles. The van der Waals surface area contributed by atoms with Crippen molar-refractivity contribution in [3.63, 3.8) is 0 Å². The zero-order valence-corrected chi connectivity index (χ0v) is 6.08. The van der Waals surface area contributed by atoms with Gasteiger partial charge in [-0.1, -0.05) is 0 Å². The van der Waals surface area contributed by atoms with Crippen LogP contribution >= 0.6 is 0 Å². The van der Waals surface area contributed by atoms with Crippen molar-refractivity contribution in [1.29, 1.82) is 0 Å². The maximum atomic E-state index is 5.24. The van der Waals surface area contributed by atoms with Gasteiger partial charge in [0, 0.05) is 13.1 Å². The maximum Gasteiger partial charge on any atom is 0.0645 e. The highest BCUT2D eigenvalue weighted by atomic mass is 16.5. The van der Waals surface area contributed by atoms with Gasteiger partial charge in [-0.2, -0.15) is 0 Å². The van der Waals surface area contributed by atoms with E-state index in [4.69, 9.17) is 9.47 Å². The first kappa shape index (κ1) is 6.58. The predicted molar refractivity (Wildman–Crippen MR) is 37.0 cm³/mol. The Kier molecular flexibility index (Phi) is 1.88. The fraction of sp³-hybridized carbons (Fsp3) is 1.00. The molecule has 0 aromatic heterocycles. The molecule has 2 saturated heterocycles. The molecule has 0 spiro atoms. The van der Waals surface area contributed by atoms with E-state index in [0.717, 1.165) is 39.5 Å². The van der Waals surface area contributed by atoms with Gasteiger partial charge in [0.25, 0.3) is 0 Å². The van der Waals surface area contributed by atoms with Gasteiger partial charge in [0.2, 0.25) is 0 Å². The van der Waals surface area contributed by atoms with Crippen LogP contribution in [0.15, 0.2) is 0 Å². The average Bonchev–Trinajstić information content (AvgIpc) is 1.86. The summed E-state index contributed by atoms with van der Waals surface area (Å²) in [6.45, 7) is 5.84. The minimum atomic E-state index is 0.698. The number of nitrogens with zero attached hydrogens (tertiary/aromatic N) is 1. The van der Waals surface area contributed by atoms with Crippen LogP contribution in [0.5, 0.6) is 0 Å². The summed E-state index contributed by atoms with van der Waals surface area (Å²) in [5.74, 6) is 0. The quantitative estimate of drug-likeness (QED) is 0.504. The molecule has 2 fully saturated rings. The first-order valence-corrected chi connectivity index (χ1v) is 3.86. The normalized spacial score (nSPS) is 30.0. The average molecular weight is 143 g/mol. The van der Waals surface area contributed by atoms with E-state index in [1.54, 1.807) is 0 Å². The summed E-state index contributed by atoms with van der Waals surface area (Å²) in [6, 6.07) is 0.698. The molecule has 0 radical (unpaired) electrons. The lowest BCUT2D eigenvalue weighted by molar-refractivity contribution is -0.0926. The van der Waals surface area contributed by atoms with Crippen LogP contribution in [0.2, 0.25) is 0 Å². The highest BCUT2D eigenvalue weighted by molar-refractivity contribution is 4.78. The number of morpholine rings is 1. The van der Waals surface area contributed by atoms with E-state index in [1.165, 1.54) is 0 Å². The van der Waals surface area contributed by atoms with E-state index in [2.05, 4.69) is 4.90 Å². The van der Waals surface area contributed by atoms with Crippen molar-refractivity contribution in [1.82, 2.24) is 4.90 Å². The highest BCUT2D eigenvalue weighted by Gasteiger charge is 2.26. The summed E-state index contributed by atoms with van der Waals surface area (Å²) in [4.78, 5) is 2.45. The zero-order chi connectivity index (χ0) is 6.81. The molecule has 2 aliphatic rings. The van der Waals surface area contributed by atoms with Gasteiger partial charge >= 0.3 is 0 Å². The molecule has 0 aromatic carbocycles. The van der Waals surface area contributed by atoms with E-state index in [9.17, 15) is 0 Å². The summed E-state index contributed by atoms with van der Waals surface area (Å²) in [6.07, 6.45) is 0. The largest absolute Gasteiger partial charge is 0.379 e. The first-order chi connectivity index (χ1) is 4.97. The van der Waals surface area contributed by atoms with Crippen molar-refractivity contribution in [2.24, 2.45) is 0 Å². The van der Waals surface area contributed by atoms with Gasteiger partial charge in [0.15, 0.2) is 0 Å². The fourth-order valence-electron chi connectivity index (χ4n) is 1.38. The van der Waals surface area contributed by atoms with E-state index in [1.807, 2.05) is 0 Å². The second-order valence-corrected chi connectivity index (χ2v) is 2.84. The Labute approximate surface area is 60.9 Å². The van der Waals surface area contributed by atoms with Gasteiger partial charge in [0.05, 0.1) is 32.5 Å². The third-order valence-electron chi connectivity index (χ3n) is 2.18. The smallest absolute Gasteiger partial charge is 0.0645 e. The second kappa shape index (κ2) is 2.86. The monoisotopic (exact) mass is 143 g/mol. The topological polar surface area (TPSA) is 21.7 Å². The van der Waals surface area contributed by atoms with E-state index in [0.29, 0.717) is 6.04 Å². The molecular weight excluding hydrogens is 130 g/mol. The summed E-state index contributed by atoms with van der Waals surface area (Å²) in [7, 11) is 0. The van der Waals surface area contributed by atoms with Crippen molar-refractivity contribution < 1.29 is 9.47 Å². The standard InChI is InChI=1S/C7H13NO2/c1-3-9-4-2-8(1)7-5-10-6-7/h7H,1-6H2. The van der Waals surface area contributed by atoms with Crippen LogP contribution in [0.1, 0.15) is 0 Å². The van der Waals surface area contributed by atoms with Crippen LogP contribution in [0, 0.1) is 0 Å². The van der Waals surface area contributed by atoms with Gasteiger partial charge < -0.3 is 9.47 Å². The lowest BCUT2D eigenvalue weighted by atomic mass is 10.2. The summed E-state index contributed by atoms with van der Waals surface area (Å²) < 4.78 is 10.3. The van der Waals surface area contributed by atoms with Crippen molar-refractivity contribution in [2.45, 2.75) is 6.04 Å². The molecule has 0 saturated carbocycles. The predicted octanol–water partition coefficient (Wildman–Crippen LogP) is -0.283. The Balaban J connectivity index is 1.78. The van der Waals surface area contributed by atoms with E-state index in [-0.39, 0.29) is 0 Å². The van der Waals surface area contributed by atoms with Crippen LogP contribution in [-0.2, 0) is 9.47 Å². The molecule has 0 aromatic rings. The van der Waals surface area contributed by atoms with E-state index >= 15 is 0 Å². The van der Waals surface area contributed by atoms with Gasteiger partial charge in [-0.3, -0.25) is 4.90 Å². The molecule has 0 bridgehead atoms. The second-order valence-electron chi connectivity index (χ2n) is 2.84. The van der Waals surface area contributed by atoms with Crippen LogP contribution < -0.4 is 0 Å². The molecule has 0 atom stereocenters. The molecule has 0 N–H and O–H groups in total. The van der Waals surface area contributed by atoms with Crippen LogP contribution in [0.3, 0.4) is 0 Å². The Bertz CT molecular complexity index is 108. The fourth-order valence-corrected chi connectivity index (χ4v) is 1.38. The molecule has 3 nitrogen and oxygen atoms in total. The number of hydrogen-bond donors (Lipinski definition) is 0. The summed E-state index contributed by atoms with van der Waals surface area (Å²) in [5.41, 5.74) is 0. The lowest BCUT2D eigenvalue weighted by Crippen LogP contribution is -2.53. The maximum absolute atomic E-state index is 5.24. The third kappa shape index (κ3) is 1.17.